The van der Waals surface area contributed by atoms with E-state index in [0.29, 0.717) is 25.0 Å². The van der Waals surface area contributed by atoms with Crippen LogP contribution >= 0.6 is 11.6 Å². The van der Waals surface area contributed by atoms with Gasteiger partial charge in [0.2, 0.25) is 0 Å². The van der Waals surface area contributed by atoms with Gasteiger partial charge in [-0.1, -0.05) is 30.3 Å². The highest BCUT2D eigenvalue weighted by Gasteiger charge is 2.45. The zero-order valence-electron chi connectivity index (χ0n) is 20.2. The van der Waals surface area contributed by atoms with Crippen molar-refractivity contribution < 1.29 is 31.1 Å². The Morgan fingerprint density at radius 1 is 1.05 bits per heavy atom. The number of hydrogen-bond donors (Lipinski definition) is 2. The number of rotatable bonds is 7. The lowest BCUT2D eigenvalue weighted by Crippen LogP contribution is -2.61. The standard InChI is InChI=1S/C25H25ClF6N4O2/c1-16(17-9-19(24(27,28)29)11-20(10-17)25(30,31)32)38-14-23(18-5-3-2-4-6-18)8-7-22(12-26,13-33-23)36-15-34-35-21(36)37/h2-6,9-11,15-16,33H,7-8,12-14H2,1H3,(H,35,37)/t16-,22-,23-/m1/s1. The van der Waals surface area contributed by atoms with Crippen molar-refractivity contribution in [1.29, 1.82) is 0 Å². The van der Waals surface area contributed by atoms with Gasteiger partial charge in [-0.05, 0) is 49.1 Å². The minimum atomic E-state index is -4.96. The molecule has 4 rings (SSSR count). The number of aromatic amines is 1. The molecule has 1 aliphatic rings. The third kappa shape index (κ3) is 5.62. The Hall–Kier alpha value is -2.83. The Bertz CT molecular complexity index is 1270. The van der Waals surface area contributed by atoms with Crippen LogP contribution in [0.1, 0.15) is 48.1 Å². The molecule has 206 valence electrons. The van der Waals surface area contributed by atoms with E-state index in [0.717, 1.165) is 5.56 Å². The first-order valence-corrected chi connectivity index (χ1v) is 12.2. The fourth-order valence-corrected chi connectivity index (χ4v) is 5.07. The van der Waals surface area contributed by atoms with Gasteiger partial charge in [-0.25, -0.2) is 9.89 Å². The van der Waals surface area contributed by atoms with Crippen LogP contribution in [0.25, 0.3) is 0 Å². The molecular formula is C25H25ClF6N4O2. The Balaban J connectivity index is 1.62. The lowest BCUT2D eigenvalue weighted by atomic mass is 9.77. The van der Waals surface area contributed by atoms with Gasteiger partial charge in [-0.2, -0.15) is 31.4 Å². The van der Waals surface area contributed by atoms with Crippen LogP contribution in [0, 0.1) is 0 Å². The Labute approximate surface area is 219 Å². The molecule has 0 radical (unpaired) electrons. The maximum absolute atomic E-state index is 13.3. The number of halogens is 7. The molecule has 6 nitrogen and oxygen atoms in total. The first kappa shape index (κ1) is 28.2. The number of H-pyrrole nitrogens is 1. The van der Waals surface area contributed by atoms with Gasteiger partial charge in [0.05, 0.1) is 34.9 Å². The second kappa shape index (κ2) is 10.4. The maximum atomic E-state index is 13.3. The predicted molar refractivity (Wildman–Crippen MR) is 128 cm³/mol. The molecular weight excluding hydrogens is 538 g/mol. The molecule has 0 unspecified atom stereocenters. The molecule has 13 heteroatoms. The minimum Gasteiger partial charge on any atom is -0.372 e. The van der Waals surface area contributed by atoms with E-state index in [1.807, 2.05) is 30.3 Å². The van der Waals surface area contributed by atoms with E-state index >= 15 is 0 Å². The molecule has 1 fully saturated rings. The molecule has 2 N–H and O–H groups in total. The summed E-state index contributed by atoms with van der Waals surface area (Å²) in [6, 6.07) is 10.6. The van der Waals surface area contributed by atoms with E-state index in [1.54, 1.807) is 0 Å². The quantitative estimate of drug-likeness (QED) is 0.290. The van der Waals surface area contributed by atoms with Crippen molar-refractivity contribution in [2.45, 2.75) is 49.3 Å². The van der Waals surface area contributed by atoms with Gasteiger partial charge in [0.25, 0.3) is 0 Å². The van der Waals surface area contributed by atoms with Crippen LogP contribution in [0.3, 0.4) is 0 Å². The van der Waals surface area contributed by atoms with Gasteiger partial charge in [0.15, 0.2) is 0 Å². The summed E-state index contributed by atoms with van der Waals surface area (Å²) >= 11 is 6.29. The van der Waals surface area contributed by atoms with Crippen LogP contribution in [-0.4, -0.2) is 33.8 Å². The largest absolute Gasteiger partial charge is 0.416 e. The Morgan fingerprint density at radius 2 is 1.68 bits per heavy atom. The molecule has 0 amide bonds. The molecule has 0 bridgehead atoms. The number of nitrogens with one attached hydrogen (secondary N) is 2. The van der Waals surface area contributed by atoms with E-state index in [-0.39, 0.29) is 30.7 Å². The summed E-state index contributed by atoms with van der Waals surface area (Å²) in [5, 5.41) is 9.55. The molecule has 3 atom stereocenters. The smallest absolute Gasteiger partial charge is 0.372 e. The second-order valence-corrected chi connectivity index (χ2v) is 9.75. The van der Waals surface area contributed by atoms with Crippen LogP contribution in [0.2, 0.25) is 0 Å². The highest BCUT2D eigenvalue weighted by molar-refractivity contribution is 6.18. The second-order valence-electron chi connectivity index (χ2n) is 9.48. The molecule has 1 aromatic heterocycles. The molecule has 1 saturated heterocycles. The van der Waals surface area contributed by atoms with Crippen molar-refractivity contribution in [2.24, 2.45) is 0 Å². The first-order valence-electron chi connectivity index (χ1n) is 11.7. The van der Waals surface area contributed by atoms with E-state index in [2.05, 4.69) is 15.5 Å². The zero-order chi connectivity index (χ0) is 27.8. The molecule has 2 aromatic carbocycles. The van der Waals surface area contributed by atoms with Gasteiger partial charge in [0, 0.05) is 12.4 Å². The highest BCUT2D eigenvalue weighted by atomic mass is 35.5. The van der Waals surface area contributed by atoms with Crippen molar-refractivity contribution in [1.82, 2.24) is 20.1 Å². The third-order valence-corrected chi connectivity index (χ3v) is 7.57. The van der Waals surface area contributed by atoms with E-state index in [9.17, 15) is 31.1 Å². The number of benzene rings is 2. The first-order chi connectivity index (χ1) is 17.8. The van der Waals surface area contributed by atoms with Gasteiger partial charge in [-0.3, -0.25) is 4.57 Å². The zero-order valence-corrected chi connectivity index (χ0v) is 20.9. The van der Waals surface area contributed by atoms with Crippen LogP contribution < -0.4 is 11.0 Å². The van der Waals surface area contributed by atoms with Crippen molar-refractivity contribution in [3.63, 3.8) is 0 Å². The molecule has 0 saturated carbocycles. The summed E-state index contributed by atoms with van der Waals surface area (Å²) in [7, 11) is 0. The minimum absolute atomic E-state index is 0.0611. The van der Waals surface area contributed by atoms with Gasteiger partial charge >= 0.3 is 18.0 Å². The fourth-order valence-electron chi connectivity index (χ4n) is 4.71. The predicted octanol–water partition coefficient (Wildman–Crippen LogP) is 5.60. The van der Waals surface area contributed by atoms with E-state index in [1.165, 1.54) is 17.8 Å². The van der Waals surface area contributed by atoms with Crippen LogP contribution in [-0.2, 0) is 28.2 Å². The van der Waals surface area contributed by atoms with Crippen molar-refractivity contribution >= 4 is 11.6 Å². The molecule has 3 aromatic rings. The van der Waals surface area contributed by atoms with Crippen molar-refractivity contribution in [3.05, 3.63) is 87.6 Å². The van der Waals surface area contributed by atoms with Crippen molar-refractivity contribution in [3.8, 4) is 0 Å². The summed E-state index contributed by atoms with van der Waals surface area (Å²) in [5.41, 5.74) is -4.28. The number of hydrogen-bond acceptors (Lipinski definition) is 4. The molecule has 0 spiro atoms. The third-order valence-electron chi connectivity index (χ3n) is 7.07. The van der Waals surface area contributed by atoms with Crippen LogP contribution in [0.5, 0.6) is 0 Å². The number of piperidine rings is 1. The Morgan fingerprint density at radius 3 is 2.16 bits per heavy atom. The summed E-state index contributed by atoms with van der Waals surface area (Å²) in [6.45, 7) is 1.59. The number of nitrogens with zero attached hydrogens (tertiary/aromatic N) is 2. The molecule has 0 aliphatic carbocycles. The maximum Gasteiger partial charge on any atom is 0.416 e. The number of ether oxygens (including phenoxy) is 1. The fraction of sp³-hybridized carbons (Fsp3) is 0.440. The summed E-state index contributed by atoms with van der Waals surface area (Å²) in [4.78, 5) is 12.3. The monoisotopic (exact) mass is 562 g/mol. The Kier molecular flexibility index (Phi) is 7.70. The average Bonchev–Trinajstić information content (AvgIpc) is 3.33. The van der Waals surface area contributed by atoms with Crippen LogP contribution in [0.15, 0.2) is 59.7 Å². The van der Waals surface area contributed by atoms with Gasteiger partial charge in [0.1, 0.15) is 6.33 Å². The normalized spacial score (nSPS) is 23.4. The molecule has 38 heavy (non-hydrogen) atoms. The highest BCUT2D eigenvalue weighted by Crippen LogP contribution is 2.40. The topological polar surface area (TPSA) is 71.9 Å². The SMILES string of the molecule is C[C@@H](OC[C@@]1(c2ccccc2)CC[C@](CCl)(n2cn[nH]c2=O)CN1)c1cc(C(F)(F)F)cc(C(F)(F)F)c1. The van der Waals surface area contributed by atoms with E-state index in [4.69, 9.17) is 16.3 Å². The van der Waals surface area contributed by atoms with Crippen molar-refractivity contribution in [2.75, 3.05) is 19.0 Å². The number of aromatic nitrogens is 3. The molecule has 2 heterocycles. The average molecular weight is 563 g/mol. The summed E-state index contributed by atoms with van der Waals surface area (Å²) in [5.74, 6) is 0.103. The lowest BCUT2D eigenvalue weighted by Gasteiger charge is -2.47. The van der Waals surface area contributed by atoms with E-state index < -0.39 is 46.4 Å². The lowest BCUT2D eigenvalue weighted by molar-refractivity contribution is -0.143. The summed E-state index contributed by atoms with van der Waals surface area (Å²) < 4.78 is 87.5. The summed E-state index contributed by atoms with van der Waals surface area (Å²) in [6.07, 6.45) is -8.80. The molecule has 1 aliphatic heterocycles. The van der Waals surface area contributed by atoms with Gasteiger partial charge in [-0.15, -0.1) is 11.6 Å². The van der Waals surface area contributed by atoms with Crippen LogP contribution in [0.4, 0.5) is 26.3 Å². The van der Waals surface area contributed by atoms with Gasteiger partial charge < -0.3 is 10.1 Å². The number of alkyl halides is 7.